The Hall–Kier alpha value is -2.83. The van der Waals surface area contributed by atoms with E-state index in [4.69, 9.17) is 9.15 Å². The lowest BCUT2D eigenvalue weighted by atomic mass is 10.1. The average molecular weight is 374 g/mol. The second kappa shape index (κ2) is 9.21. The standard InChI is InChI=1S/C20H25NO6/c1-4-6-7-16(20(24)25)21-19(23)12(3)26-14-8-9-15-13(5-2)10-18(22)27-17(15)11-14/h8-12,16H,4-7H2,1-3H3,(H,21,23)(H,24,25)/p-1/t12-,16+/m1/s1. The lowest BCUT2D eigenvalue weighted by Crippen LogP contribution is -2.51. The van der Waals surface area contributed by atoms with Gasteiger partial charge in [0.1, 0.15) is 11.3 Å². The highest BCUT2D eigenvalue weighted by molar-refractivity contribution is 5.86. The molecular formula is C20H24NO6-. The van der Waals surface area contributed by atoms with Gasteiger partial charge in [0.25, 0.3) is 5.91 Å². The van der Waals surface area contributed by atoms with Gasteiger partial charge in [-0.15, -0.1) is 0 Å². The highest BCUT2D eigenvalue weighted by Crippen LogP contribution is 2.23. The van der Waals surface area contributed by atoms with Gasteiger partial charge in [-0.3, -0.25) is 4.79 Å². The Kier molecular flexibility index (Phi) is 6.98. The van der Waals surface area contributed by atoms with Crippen LogP contribution in [-0.4, -0.2) is 24.0 Å². The Morgan fingerprint density at radius 1 is 1.26 bits per heavy atom. The fraction of sp³-hybridized carbons (Fsp3) is 0.450. The summed E-state index contributed by atoms with van der Waals surface area (Å²) < 4.78 is 10.8. The fourth-order valence-electron chi connectivity index (χ4n) is 2.78. The predicted molar refractivity (Wildman–Crippen MR) is 98.4 cm³/mol. The lowest BCUT2D eigenvalue weighted by Gasteiger charge is -2.22. The van der Waals surface area contributed by atoms with Gasteiger partial charge in [-0.05, 0) is 37.5 Å². The lowest BCUT2D eigenvalue weighted by molar-refractivity contribution is -0.308. The number of aliphatic carboxylic acids is 1. The molecule has 146 valence electrons. The summed E-state index contributed by atoms with van der Waals surface area (Å²) in [6.07, 6.45) is 1.54. The number of benzene rings is 1. The zero-order valence-corrected chi connectivity index (χ0v) is 15.7. The molecule has 0 radical (unpaired) electrons. The molecule has 0 saturated heterocycles. The Balaban J connectivity index is 2.12. The van der Waals surface area contributed by atoms with Crippen LogP contribution in [-0.2, 0) is 16.0 Å². The number of carbonyl (C=O) groups is 2. The van der Waals surface area contributed by atoms with Crippen molar-refractivity contribution < 1.29 is 23.8 Å². The molecule has 27 heavy (non-hydrogen) atoms. The number of rotatable bonds is 9. The number of carbonyl (C=O) groups excluding carboxylic acids is 2. The first kappa shape index (κ1) is 20.5. The van der Waals surface area contributed by atoms with Crippen molar-refractivity contribution >= 4 is 22.8 Å². The third-order valence-corrected chi connectivity index (χ3v) is 4.31. The van der Waals surface area contributed by atoms with E-state index in [1.165, 1.54) is 13.0 Å². The summed E-state index contributed by atoms with van der Waals surface area (Å²) in [5, 5.41) is 14.4. The topological polar surface area (TPSA) is 109 Å². The smallest absolute Gasteiger partial charge is 0.336 e. The molecule has 7 nitrogen and oxygen atoms in total. The predicted octanol–water partition coefficient (Wildman–Crippen LogP) is 1.55. The Morgan fingerprint density at radius 2 is 2.00 bits per heavy atom. The largest absolute Gasteiger partial charge is 0.548 e. The van der Waals surface area contributed by atoms with E-state index in [0.717, 1.165) is 17.4 Å². The van der Waals surface area contributed by atoms with Gasteiger partial charge in [-0.2, -0.15) is 0 Å². The molecule has 1 N–H and O–H groups in total. The van der Waals surface area contributed by atoms with Crippen molar-refractivity contribution in [1.29, 1.82) is 0 Å². The SMILES string of the molecule is CCCC[C@H](NC(=O)[C@@H](C)Oc1ccc2c(CC)cc(=O)oc2c1)C(=O)[O-]. The molecule has 1 aromatic carbocycles. The number of unbranched alkanes of at least 4 members (excludes halogenated alkanes) is 1. The van der Waals surface area contributed by atoms with E-state index in [-0.39, 0.29) is 0 Å². The van der Waals surface area contributed by atoms with Gasteiger partial charge in [0.15, 0.2) is 6.10 Å². The maximum atomic E-state index is 12.2. The number of carboxylic acids is 1. The Bertz CT molecular complexity index is 872. The number of carboxylic acid groups (broad SMARTS) is 1. The molecule has 0 spiro atoms. The van der Waals surface area contributed by atoms with Gasteiger partial charge in [-0.25, -0.2) is 4.79 Å². The van der Waals surface area contributed by atoms with Gasteiger partial charge in [0, 0.05) is 17.5 Å². The molecule has 0 aliphatic heterocycles. The minimum absolute atomic E-state index is 0.304. The van der Waals surface area contributed by atoms with Crippen molar-refractivity contribution in [3.8, 4) is 5.75 Å². The Morgan fingerprint density at radius 3 is 2.63 bits per heavy atom. The zero-order chi connectivity index (χ0) is 20.0. The molecule has 7 heteroatoms. The van der Waals surface area contributed by atoms with Crippen LogP contribution in [0.1, 0.15) is 45.6 Å². The van der Waals surface area contributed by atoms with Crippen molar-refractivity contribution in [3.05, 3.63) is 40.2 Å². The molecule has 0 fully saturated rings. The Labute approximate surface area is 157 Å². The van der Waals surface area contributed by atoms with Crippen molar-refractivity contribution in [3.63, 3.8) is 0 Å². The van der Waals surface area contributed by atoms with Crippen LogP contribution in [0.5, 0.6) is 5.75 Å². The van der Waals surface area contributed by atoms with Crippen LogP contribution in [0.25, 0.3) is 11.0 Å². The summed E-state index contributed by atoms with van der Waals surface area (Å²) in [6.45, 7) is 5.39. The summed E-state index contributed by atoms with van der Waals surface area (Å²) in [5.74, 6) is -1.52. The molecule has 2 rings (SSSR count). The summed E-state index contributed by atoms with van der Waals surface area (Å²) >= 11 is 0. The van der Waals surface area contributed by atoms with Crippen LogP contribution in [0.2, 0.25) is 0 Å². The summed E-state index contributed by atoms with van der Waals surface area (Å²) in [6, 6.07) is 5.40. The van der Waals surface area contributed by atoms with Gasteiger partial charge < -0.3 is 24.4 Å². The second-order valence-corrected chi connectivity index (χ2v) is 6.38. The van der Waals surface area contributed by atoms with E-state index >= 15 is 0 Å². The quantitative estimate of drug-likeness (QED) is 0.667. The molecule has 0 unspecified atom stereocenters. The zero-order valence-electron chi connectivity index (χ0n) is 15.7. The first-order chi connectivity index (χ1) is 12.8. The normalized spacial score (nSPS) is 13.1. The van der Waals surface area contributed by atoms with Gasteiger partial charge in [-0.1, -0.05) is 26.7 Å². The maximum absolute atomic E-state index is 12.2. The summed E-state index contributed by atoms with van der Waals surface area (Å²) in [4.78, 5) is 35.0. The van der Waals surface area contributed by atoms with Crippen LogP contribution in [0.4, 0.5) is 0 Å². The molecule has 1 amide bonds. The van der Waals surface area contributed by atoms with E-state index in [1.807, 2.05) is 13.8 Å². The van der Waals surface area contributed by atoms with E-state index in [1.54, 1.807) is 18.2 Å². The van der Waals surface area contributed by atoms with Crippen molar-refractivity contribution in [2.45, 2.75) is 58.6 Å². The minimum atomic E-state index is -1.32. The van der Waals surface area contributed by atoms with E-state index in [0.29, 0.717) is 30.6 Å². The number of ether oxygens (including phenoxy) is 1. The molecular weight excluding hydrogens is 350 g/mol. The second-order valence-electron chi connectivity index (χ2n) is 6.38. The first-order valence-corrected chi connectivity index (χ1v) is 9.10. The highest BCUT2D eigenvalue weighted by atomic mass is 16.5. The average Bonchev–Trinajstić information content (AvgIpc) is 2.63. The monoisotopic (exact) mass is 374 g/mol. The minimum Gasteiger partial charge on any atom is -0.548 e. The fourth-order valence-corrected chi connectivity index (χ4v) is 2.78. The van der Waals surface area contributed by atoms with E-state index in [9.17, 15) is 19.5 Å². The van der Waals surface area contributed by atoms with Crippen LogP contribution < -0.4 is 20.8 Å². The highest BCUT2D eigenvalue weighted by Gasteiger charge is 2.20. The van der Waals surface area contributed by atoms with Gasteiger partial charge in [0.2, 0.25) is 0 Å². The number of nitrogens with one attached hydrogen (secondary N) is 1. The molecule has 2 aromatic rings. The summed E-state index contributed by atoms with van der Waals surface area (Å²) in [7, 11) is 0. The molecule has 0 bridgehead atoms. The van der Waals surface area contributed by atoms with E-state index < -0.39 is 29.6 Å². The molecule has 2 atom stereocenters. The van der Waals surface area contributed by atoms with Crippen LogP contribution in [0.15, 0.2) is 33.5 Å². The van der Waals surface area contributed by atoms with Gasteiger partial charge in [0.05, 0.1) is 12.0 Å². The van der Waals surface area contributed by atoms with Crippen LogP contribution >= 0.6 is 0 Å². The van der Waals surface area contributed by atoms with Crippen molar-refractivity contribution in [2.24, 2.45) is 0 Å². The molecule has 0 saturated carbocycles. The molecule has 1 heterocycles. The van der Waals surface area contributed by atoms with Crippen LogP contribution in [0.3, 0.4) is 0 Å². The van der Waals surface area contributed by atoms with E-state index in [2.05, 4.69) is 5.32 Å². The van der Waals surface area contributed by atoms with Crippen molar-refractivity contribution in [1.82, 2.24) is 5.32 Å². The number of hydrogen-bond donors (Lipinski definition) is 1. The number of fused-ring (bicyclic) bond motifs is 1. The summed E-state index contributed by atoms with van der Waals surface area (Å²) in [5.41, 5.74) is 0.793. The number of hydrogen-bond acceptors (Lipinski definition) is 6. The van der Waals surface area contributed by atoms with Gasteiger partial charge >= 0.3 is 5.63 Å². The molecule has 0 aliphatic rings. The number of aryl methyl sites for hydroxylation is 1. The molecule has 1 aromatic heterocycles. The maximum Gasteiger partial charge on any atom is 0.336 e. The first-order valence-electron chi connectivity index (χ1n) is 9.10. The van der Waals surface area contributed by atoms with Crippen LogP contribution in [0, 0.1) is 0 Å². The number of amides is 1. The third kappa shape index (κ3) is 5.32. The third-order valence-electron chi connectivity index (χ3n) is 4.31. The molecule has 0 aliphatic carbocycles. The van der Waals surface area contributed by atoms with Crippen molar-refractivity contribution in [2.75, 3.05) is 0 Å².